The number of alkyl halides is 3. The van der Waals surface area contributed by atoms with E-state index in [1.165, 1.54) is 4.90 Å². The molecular weight excluding hydrogens is 267 g/mol. The highest BCUT2D eigenvalue weighted by molar-refractivity contribution is 5.83. The van der Waals surface area contributed by atoms with Gasteiger partial charge in [-0.25, -0.2) is 0 Å². The predicted molar refractivity (Wildman–Crippen MR) is 71.5 cm³/mol. The van der Waals surface area contributed by atoms with Gasteiger partial charge in [0.25, 0.3) is 0 Å². The molecule has 1 aromatic heterocycles. The monoisotopic (exact) mass is 283 g/mol. The van der Waals surface area contributed by atoms with Crippen LogP contribution in [0.2, 0.25) is 0 Å². The lowest BCUT2D eigenvalue weighted by atomic mass is 10.00. The van der Waals surface area contributed by atoms with E-state index in [4.69, 9.17) is 0 Å². The molecule has 2 heterocycles. The fraction of sp³-hybridized carbons (Fsp3) is 0.429. The van der Waals surface area contributed by atoms with Crippen molar-refractivity contribution in [3.63, 3.8) is 0 Å². The number of nitrogens with zero attached hydrogens (tertiary/aromatic N) is 1. The van der Waals surface area contributed by atoms with Gasteiger partial charge in [0.1, 0.15) is 6.04 Å². The van der Waals surface area contributed by atoms with Gasteiger partial charge in [-0.2, -0.15) is 13.2 Å². The van der Waals surface area contributed by atoms with Gasteiger partial charge in [0.15, 0.2) is 0 Å². The van der Waals surface area contributed by atoms with Crippen molar-refractivity contribution in [2.45, 2.75) is 12.2 Å². The van der Waals surface area contributed by atoms with Crippen LogP contribution in [0, 0.1) is 0 Å². The highest BCUT2D eigenvalue weighted by Gasteiger charge is 2.45. The standard InChI is InChI=1S/C14H16F3N3/c15-14(16,17)13(20-8-6-18-7-9-20)11-2-1-3-12-10(11)4-5-19-12/h1-5,13,18-19H,6-9H2/t13-/m1/s1. The summed E-state index contributed by atoms with van der Waals surface area (Å²) >= 11 is 0. The minimum Gasteiger partial charge on any atom is -0.361 e. The maximum atomic E-state index is 13.6. The number of hydrogen-bond donors (Lipinski definition) is 2. The van der Waals surface area contributed by atoms with Crippen LogP contribution < -0.4 is 5.32 Å². The summed E-state index contributed by atoms with van der Waals surface area (Å²) < 4.78 is 40.7. The molecule has 0 aliphatic carbocycles. The quantitative estimate of drug-likeness (QED) is 0.888. The zero-order valence-electron chi connectivity index (χ0n) is 10.9. The van der Waals surface area contributed by atoms with Gasteiger partial charge < -0.3 is 10.3 Å². The number of aromatic amines is 1. The van der Waals surface area contributed by atoms with E-state index in [-0.39, 0.29) is 0 Å². The third kappa shape index (κ3) is 2.41. The summed E-state index contributed by atoms with van der Waals surface area (Å²) in [6.45, 7) is 2.00. The van der Waals surface area contributed by atoms with Gasteiger partial charge >= 0.3 is 6.18 Å². The third-order valence-corrected chi connectivity index (χ3v) is 3.75. The molecule has 1 atom stereocenters. The fourth-order valence-electron chi connectivity index (χ4n) is 2.87. The Morgan fingerprint density at radius 3 is 2.55 bits per heavy atom. The molecule has 2 aromatic rings. The molecule has 0 spiro atoms. The first kappa shape index (κ1) is 13.5. The predicted octanol–water partition coefficient (Wildman–Crippen LogP) is 2.68. The minimum absolute atomic E-state index is 0.332. The molecule has 1 aliphatic heterocycles. The van der Waals surface area contributed by atoms with Crippen LogP contribution >= 0.6 is 0 Å². The lowest BCUT2D eigenvalue weighted by Crippen LogP contribution is -2.49. The Morgan fingerprint density at radius 1 is 1.10 bits per heavy atom. The van der Waals surface area contributed by atoms with E-state index < -0.39 is 12.2 Å². The zero-order valence-corrected chi connectivity index (χ0v) is 10.9. The lowest BCUT2D eigenvalue weighted by molar-refractivity contribution is -0.187. The Balaban J connectivity index is 2.06. The lowest BCUT2D eigenvalue weighted by Gasteiger charge is -2.36. The van der Waals surface area contributed by atoms with Crippen LogP contribution in [0.4, 0.5) is 13.2 Å². The van der Waals surface area contributed by atoms with Gasteiger partial charge in [0.2, 0.25) is 0 Å². The maximum absolute atomic E-state index is 13.6. The summed E-state index contributed by atoms with van der Waals surface area (Å²) in [4.78, 5) is 4.48. The molecule has 1 saturated heterocycles. The van der Waals surface area contributed by atoms with E-state index in [1.807, 2.05) is 0 Å². The van der Waals surface area contributed by atoms with E-state index >= 15 is 0 Å². The van der Waals surface area contributed by atoms with Crippen LogP contribution in [0.25, 0.3) is 10.9 Å². The average Bonchev–Trinajstić information content (AvgIpc) is 2.88. The van der Waals surface area contributed by atoms with Crippen molar-refractivity contribution in [3.05, 3.63) is 36.0 Å². The average molecular weight is 283 g/mol. The summed E-state index contributed by atoms with van der Waals surface area (Å²) in [7, 11) is 0. The first-order valence-electron chi connectivity index (χ1n) is 6.65. The van der Waals surface area contributed by atoms with Crippen LogP contribution in [-0.4, -0.2) is 42.2 Å². The van der Waals surface area contributed by atoms with Crippen molar-refractivity contribution >= 4 is 10.9 Å². The second kappa shape index (κ2) is 5.10. The van der Waals surface area contributed by atoms with Crippen LogP contribution in [0.5, 0.6) is 0 Å². The number of H-pyrrole nitrogens is 1. The van der Waals surface area contributed by atoms with Crippen LogP contribution in [0.1, 0.15) is 11.6 Å². The van der Waals surface area contributed by atoms with E-state index in [2.05, 4.69) is 10.3 Å². The summed E-state index contributed by atoms with van der Waals surface area (Å²) in [6, 6.07) is 5.23. The Morgan fingerprint density at radius 2 is 1.85 bits per heavy atom. The molecule has 108 valence electrons. The van der Waals surface area contributed by atoms with E-state index in [0.717, 1.165) is 5.52 Å². The van der Waals surface area contributed by atoms with Crippen molar-refractivity contribution in [1.82, 2.24) is 15.2 Å². The number of halogens is 3. The van der Waals surface area contributed by atoms with Crippen molar-refractivity contribution in [2.24, 2.45) is 0 Å². The number of fused-ring (bicyclic) bond motifs is 1. The van der Waals surface area contributed by atoms with Gasteiger partial charge in [0, 0.05) is 43.3 Å². The molecule has 1 aliphatic rings. The molecule has 6 heteroatoms. The van der Waals surface area contributed by atoms with Gasteiger partial charge in [-0.05, 0) is 17.7 Å². The van der Waals surface area contributed by atoms with E-state index in [1.54, 1.807) is 30.5 Å². The molecule has 0 amide bonds. The van der Waals surface area contributed by atoms with Crippen molar-refractivity contribution in [2.75, 3.05) is 26.2 Å². The van der Waals surface area contributed by atoms with Crippen LogP contribution in [0.15, 0.2) is 30.5 Å². The number of piperazine rings is 1. The second-order valence-electron chi connectivity index (χ2n) is 5.02. The normalized spacial score (nSPS) is 19.4. The van der Waals surface area contributed by atoms with Gasteiger partial charge in [-0.1, -0.05) is 12.1 Å². The molecule has 2 N–H and O–H groups in total. The largest absolute Gasteiger partial charge is 0.408 e. The Labute approximate surface area is 114 Å². The molecule has 20 heavy (non-hydrogen) atoms. The molecule has 0 radical (unpaired) electrons. The van der Waals surface area contributed by atoms with E-state index in [0.29, 0.717) is 37.1 Å². The number of benzene rings is 1. The fourth-order valence-corrected chi connectivity index (χ4v) is 2.87. The summed E-state index contributed by atoms with van der Waals surface area (Å²) in [6.07, 6.45) is -2.59. The first-order valence-corrected chi connectivity index (χ1v) is 6.65. The maximum Gasteiger partial charge on any atom is 0.408 e. The molecule has 1 fully saturated rings. The van der Waals surface area contributed by atoms with Crippen molar-refractivity contribution in [3.8, 4) is 0 Å². The topological polar surface area (TPSA) is 31.1 Å². The minimum atomic E-state index is -4.27. The second-order valence-corrected chi connectivity index (χ2v) is 5.02. The highest BCUT2D eigenvalue weighted by Crippen LogP contribution is 2.40. The molecular formula is C14H16F3N3. The van der Waals surface area contributed by atoms with Gasteiger partial charge in [-0.15, -0.1) is 0 Å². The Kier molecular flexibility index (Phi) is 3.43. The molecule has 0 saturated carbocycles. The number of aromatic nitrogens is 1. The van der Waals surface area contributed by atoms with Crippen molar-refractivity contribution < 1.29 is 13.2 Å². The molecule has 0 bridgehead atoms. The molecule has 3 nitrogen and oxygen atoms in total. The van der Waals surface area contributed by atoms with E-state index in [9.17, 15) is 13.2 Å². The summed E-state index contributed by atoms with van der Waals surface area (Å²) in [5.41, 5.74) is 1.07. The number of hydrogen-bond acceptors (Lipinski definition) is 2. The van der Waals surface area contributed by atoms with Crippen LogP contribution in [-0.2, 0) is 0 Å². The van der Waals surface area contributed by atoms with Gasteiger partial charge in [-0.3, -0.25) is 4.90 Å². The van der Waals surface area contributed by atoms with Crippen molar-refractivity contribution in [1.29, 1.82) is 0 Å². The Bertz CT molecular complexity index is 585. The zero-order chi connectivity index (χ0) is 14.2. The SMILES string of the molecule is FC(F)(F)[C@@H](c1cccc2[nH]ccc12)N1CCNCC1. The summed E-state index contributed by atoms with van der Waals surface area (Å²) in [5, 5.41) is 3.74. The number of nitrogens with one attached hydrogen (secondary N) is 2. The molecule has 0 unspecified atom stereocenters. The smallest absolute Gasteiger partial charge is 0.361 e. The molecule has 1 aromatic carbocycles. The summed E-state index contributed by atoms with van der Waals surface area (Å²) in [5.74, 6) is 0. The van der Waals surface area contributed by atoms with Gasteiger partial charge in [0.05, 0.1) is 0 Å². The third-order valence-electron chi connectivity index (χ3n) is 3.75. The molecule has 3 rings (SSSR count). The van der Waals surface area contributed by atoms with Crippen LogP contribution in [0.3, 0.4) is 0 Å². The first-order chi connectivity index (χ1) is 9.57. The number of rotatable bonds is 2. The Hall–Kier alpha value is -1.53. The highest BCUT2D eigenvalue weighted by atomic mass is 19.4.